The molecule has 1 N–H and O–H groups in total. The number of anilines is 4. The highest BCUT2D eigenvalue weighted by Gasteiger charge is 2.32. The van der Waals surface area contributed by atoms with E-state index < -0.39 is 10.8 Å². The standard InChI is InChI=1S/C52H62ClN13O3S/c1-5-37-30-57-66-46(27-47(59-50(37)66)63-22-7-6-8-23-63)55-28-36-14-17-48(56-29-36)68-33-35(2)70(67)45-16-15-44(49-41(45)12-9-13-42(49)53)64-24-19-40-43(32-64)58-52(69-34-39-11-10-21-61(39)3)60-51(40)65-26-25-62(4)38(31-65)18-20-54/h9,12-17,27,29-30,38-39,55H,2,5-8,10-11,18-19,21-26,28,31-34H2,1,3-4H3. The van der Waals surface area contributed by atoms with Gasteiger partial charge < -0.3 is 34.4 Å². The van der Waals surface area contributed by atoms with Crippen LogP contribution in [0.15, 0.2) is 77.3 Å². The monoisotopic (exact) mass is 983 g/mol. The first-order chi connectivity index (χ1) is 34.1. The first-order valence-electron chi connectivity index (χ1n) is 24.7. The zero-order valence-corrected chi connectivity index (χ0v) is 42.0. The molecule has 0 saturated carbocycles. The van der Waals surface area contributed by atoms with Crippen molar-refractivity contribution in [2.45, 2.75) is 88.4 Å². The second-order valence-corrected chi connectivity index (χ2v) is 20.9. The molecule has 3 saturated heterocycles. The van der Waals surface area contributed by atoms with Crippen molar-refractivity contribution < 1.29 is 13.7 Å². The molecule has 8 heterocycles. The SMILES string of the molecule is C=C(COc1ccc(CNc2cc(N3CCCCC3)nc3c(CC)cnn23)cn1)S(=O)c1ccc(N2CCc3c(nc(OCC4CCCN4C)nc3N3CCN(C)C(CC#N)C3)C2)c2c(Cl)cccc12. The van der Waals surface area contributed by atoms with Crippen molar-refractivity contribution in [3.05, 3.63) is 99.8 Å². The number of hydrogen-bond donors (Lipinski definition) is 1. The van der Waals surface area contributed by atoms with Crippen molar-refractivity contribution in [3.8, 4) is 18.0 Å². The molecule has 366 valence electrons. The molecule has 0 bridgehead atoms. The van der Waals surface area contributed by atoms with E-state index in [1.54, 1.807) is 6.20 Å². The normalized spacial score (nSPS) is 19.3. The van der Waals surface area contributed by atoms with E-state index in [-0.39, 0.29) is 12.6 Å². The predicted octanol–water partition coefficient (Wildman–Crippen LogP) is 7.66. The van der Waals surface area contributed by atoms with E-state index in [1.807, 2.05) is 53.2 Å². The van der Waals surface area contributed by atoms with Crippen LogP contribution in [0.1, 0.15) is 67.8 Å². The minimum Gasteiger partial charge on any atom is -0.472 e. The molecule has 0 spiro atoms. The Hall–Kier alpha value is -6.06. The lowest BCUT2D eigenvalue weighted by Gasteiger charge is -2.41. The number of benzene rings is 2. The van der Waals surface area contributed by atoms with Gasteiger partial charge in [0.15, 0.2) is 5.65 Å². The molecule has 3 unspecified atom stereocenters. The number of fused-ring (bicyclic) bond motifs is 3. The molecule has 4 aliphatic rings. The van der Waals surface area contributed by atoms with Crippen molar-refractivity contribution in [1.82, 2.24) is 39.3 Å². The van der Waals surface area contributed by atoms with Gasteiger partial charge in [0.2, 0.25) is 5.88 Å². The number of piperazine rings is 1. The van der Waals surface area contributed by atoms with E-state index in [9.17, 15) is 9.47 Å². The maximum atomic E-state index is 14.3. The number of halogens is 1. The van der Waals surface area contributed by atoms with E-state index in [4.69, 9.17) is 36.0 Å². The molecule has 4 aromatic heterocycles. The Labute approximate surface area is 417 Å². The third-order valence-electron chi connectivity index (χ3n) is 14.5. The van der Waals surface area contributed by atoms with E-state index >= 15 is 0 Å². The molecule has 0 amide bonds. The van der Waals surface area contributed by atoms with Crippen molar-refractivity contribution >= 4 is 62.0 Å². The Balaban J connectivity index is 0.828. The molecular formula is C52H62ClN13O3S. The maximum Gasteiger partial charge on any atom is 0.318 e. The first-order valence-corrected chi connectivity index (χ1v) is 26.2. The Morgan fingerprint density at radius 3 is 2.57 bits per heavy atom. The van der Waals surface area contributed by atoms with Crippen LogP contribution in [0.3, 0.4) is 0 Å². The molecule has 3 atom stereocenters. The maximum absolute atomic E-state index is 14.3. The molecule has 3 fully saturated rings. The number of nitriles is 1. The predicted molar refractivity (Wildman–Crippen MR) is 277 cm³/mol. The van der Waals surface area contributed by atoms with Gasteiger partial charge in [0, 0.05) is 104 Å². The van der Waals surface area contributed by atoms with Crippen molar-refractivity contribution in [1.29, 1.82) is 5.26 Å². The first kappa shape index (κ1) is 47.6. The Bertz CT molecular complexity index is 2940. The summed E-state index contributed by atoms with van der Waals surface area (Å²) in [5.74, 6) is 3.17. The number of aryl methyl sites for hydroxylation is 1. The molecule has 4 aliphatic heterocycles. The van der Waals surface area contributed by atoms with Gasteiger partial charge in [0.25, 0.3) is 0 Å². The number of pyridine rings is 1. The van der Waals surface area contributed by atoms with Crippen LogP contribution in [0.4, 0.5) is 23.1 Å². The molecule has 16 nitrogen and oxygen atoms in total. The van der Waals surface area contributed by atoms with Crippen molar-refractivity contribution in [2.75, 3.05) is 93.1 Å². The van der Waals surface area contributed by atoms with Gasteiger partial charge in [-0.15, -0.1) is 0 Å². The van der Waals surface area contributed by atoms with E-state index in [1.165, 1.54) is 19.3 Å². The summed E-state index contributed by atoms with van der Waals surface area (Å²) in [6, 6.07) is 18.8. The number of nitrogens with zero attached hydrogens (tertiary/aromatic N) is 12. The summed E-state index contributed by atoms with van der Waals surface area (Å²) < 4.78 is 28.7. The number of rotatable bonds is 16. The van der Waals surface area contributed by atoms with Gasteiger partial charge in [-0.25, -0.2) is 14.2 Å². The number of aromatic nitrogens is 6. The summed E-state index contributed by atoms with van der Waals surface area (Å²) in [4.78, 5) is 32.4. The second-order valence-electron chi connectivity index (χ2n) is 19.0. The van der Waals surface area contributed by atoms with Gasteiger partial charge in [-0.2, -0.15) is 24.8 Å². The molecule has 70 heavy (non-hydrogen) atoms. The lowest BCUT2D eigenvalue weighted by Crippen LogP contribution is -2.52. The minimum absolute atomic E-state index is 0.0191. The van der Waals surface area contributed by atoms with E-state index in [2.05, 4.69) is 79.6 Å². The van der Waals surface area contributed by atoms with Gasteiger partial charge in [-0.3, -0.25) is 4.90 Å². The number of piperidine rings is 1. The van der Waals surface area contributed by atoms with Crippen LogP contribution < -0.4 is 29.5 Å². The largest absolute Gasteiger partial charge is 0.472 e. The van der Waals surface area contributed by atoms with Crippen LogP contribution in [-0.4, -0.2) is 129 Å². The van der Waals surface area contributed by atoms with Crippen molar-refractivity contribution in [2.24, 2.45) is 0 Å². The number of nitrogens with one attached hydrogen (secondary N) is 1. The fraction of sp³-hybridized carbons (Fsp3) is 0.462. The van der Waals surface area contributed by atoms with Gasteiger partial charge in [-0.1, -0.05) is 43.3 Å². The topological polar surface area (TPSA) is 156 Å². The summed E-state index contributed by atoms with van der Waals surface area (Å²) in [5.41, 5.74) is 5.93. The summed E-state index contributed by atoms with van der Waals surface area (Å²) in [7, 11) is 2.61. The average molecular weight is 985 g/mol. The van der Waals surface area contributed by atoms with Crippen LogP contribution in [0.2, 0.25) is 5.02 Å². The number of hydrogen-bond acceptors (Lipinski definition) is 15. The Kier molecular flexibility index (Phi) is 14.4. The minimum atomic E-state index is -1.62. The fourth-order valence-electron chi connectivity index (χ4n) is 10.3. The van der Waals surface area contributed by atoms with Gasteiger partial charge >= 0.3 is 6.01 Å². The number of likely N-dealkylation sites (N-methyl/N-ethyl adjacent to an activating group) is 2. The lowest BCUT2D eigenvalue weighted by molar-refractivity contribution is 0.186. The van der Waals surface area contributed by atoms with Gasteiger partial charge in [-0.05, 0) is 89.3 Å². The summed E-state index contributed by atoms with van der Waals surface area (Å²) in [6.45, 7) is 14.1. The second kappa shape index (κ2) is 21.1. The van der Waals surface area contributed by atoms with Crippen LogP contribution in [0, 0.1) is 11.3 Å². The Morgan fingerprint density at radius 1 is 0.929 bits per heavy atom. The molecule has 10 rings (SSSR count). The molecular weight excluding hydrogens is 922 g/mol. The highest BCUT2D eigenvalue weighted by molar-refractivity contribution is 7.89. The zero-order chi connectivity index (χ0) is 48.3. The summed E-state index contributed by atoms with van der Waals surface area (Å²) in [6.07, 6.45) is 11.5. The van der Waals surface area contributed by atoms with E-state index in [0.717, 1.165) is 114 Å². The average Bonchev–Trinajstić information content (AvgIpc) is 4.02. The molecule has 0 aliphatic carbocycles. The van der Waals surface area contributed by atoms with Gasteiger partial charge in [0.05, 0.1) is 56.5 Å². The van der Waals surface area contributed by atoms with Crippen LogP contribution >= 0.6 is 11.6 Å². The molecule has 2 aromatic carbocycles. The highest BCUT2D eigenvalue weighted by Crippen LogP contribution is 2.40. The van der Waals surface area contributed by atoms with Crippen LogP contribution in [0.25, 0.3) is 16.4 Å². The quantitative estimate of drug-likeness (QED) is 0.101. The summed E-state index contributed by atoms with van der Waals surface area (Å²) in [5, 5.41) is 20.0. The fourth-order valence-corrected chi connectivity index (χ4v) is 11.6. The highest BCUT2D eigenvalue weighted by atomic mass is 35.5. The zero-order valence-electron chi connectivity index (χ0n) is 40.4. The smallest absolute Gasteiger partial charge is 0.318 e. The lowest BCUT2D eigenvalue weighted by atomic mass is 10.0. The number of likely N-dealkylation sites (tertiary alicyclic amines) is 1. The van der Waals surface area contributed by atoms with Gasteiger partial charge in [0.1, 0.15) is 30.7 Å². The molecule has 0 radical (unpaired) electrons. The van der Waals surface area contributed by atoms with Crippen molar-refractivity contribution in [3.63, 3.8) is 0 Å². The van der Waals surface area contributed by atoms with Crippen LogP contribution in [0.5, 0.6) is 11.9 Å². The molecule has 18 heteroatoms. The number of ether oxygens (including phenoxy) is 2. The third kappa shape index (κ3) is 9.96. The molecule has 6 aromatic rings. The van der Waals surface area contributed by atoms with Crippen LogP contribution in [-0.2, 0) is 36.7 Å². The van der Waals surface area contributed by atoms with E-state index in [0.29, 0.717) is 78.4 Å². The third-order valence-corrected chi connectivity index (χ3v) is 16.2. The summed E-state index contributed by atoms with van der Waals surface area (Å²) >= 11 is 7.06. The Morgan fingerprint density at radius 2 is 1.79 bits per heavy atom.